The van der Waals surface area contributed by atoms with Crippen LogP contribution in [0.25, 0.3) is 0 Å². The topological polar surface area (TPSA) is 59.1 Å². The average Bonchev–Trinajstić information content (AvgIpc) is 2.46. The normalized spacial score (nSPS) is 19.0. The molecule has 1 aromatic carbocycles. The zero-order chi connectivity index (χ0) is 17.7. The summed E-state index contributed by atoms with van der Waals surface area (Å²) in [5.41, 5.74) is 0.601. The highest BCUT2D eigenvalue weighted by atomic mass is 16.6. The van der Waals surface area contributed by atoms with E-state index in [1.165, 1.54) is 17.4 Å². The number of esters is 1. The van der Waals surface area contributed by atoms with Gasteiger partial charge < -0.3 is 9.47 Å². The molecule has 1 amide bonds. The van der Waals surface area contributed by atoms with Gasteiger partial charge in [-0.1, -0.05) is 30.3 Å². The fourth-order valence-corrected chi connectivity index (χ4v) is 2.61. The lowest BCUT2D eigenvalue weighted by Crippen LogP contribution is -2.57. The first kappa shape index (κ1) is 18.3. The fraction of sp³-hybridized carbons (Fsp3) is 0.556. The fourth-order valence-electron chi connectivity index (χ4n) is 2.61. The van der Waals surface area contributed by atoms with E-state index in [9.17, 15) is 9.59 Å². The van der Waals surface area contributed by atoms with Crippen LogP contribution in [0.5, 0.6) is 0 Å². The third kappa shape index (κ3) is 5.53. The largest absolute Gasteiger partial charge is 0.444 e. The molecule has 1 aliphatic rings. The molecule has 0 aliphatic carbocycles. The van der Waals surface area contributed by atoms with E-state index < -0.39 is 23.9 Å². The van der Waals surface area contributed by atoms with Crippen LogP contribution in [-0.2, 0) is 20.8 Å². The monoisotopic (exact) mass is 334 g/mol. The van der Waals surface area contributed by atoms with Gasteiger partial charge in [-0.15, -0.1) is 0 Å². The zero-order valence-corrected chi connectivity index (χ0v) is 14.8. The second-order valence-corrected chi connectivity index (χ2v) is 6.96. The molecule has 0 spiro atoms. The van der Waals surface area contributed by atoms with Crippen molar-refractivity contribution in [2.24, 2.45) is 0 Å². The van der Waals surface area contributed by atoms with Crippen molar-refractivity contribution in [1.82, 2.24) is 9.80 Å². The molecule has 1 aromatic rings. The molecule has 6 heteroatoms. The first-order valence-corrected chi connectivity index (χ1v) is 8.18. The standard InChI is InChI=1S/C18H26N2O4/c1-14(21)23-16-13-19(12-15-8-6-5-7-9-15)10-11-20(16)17(22)24-18(2,3)4/h5-9,16H,10-13H2,1-4H3/t16-/m1/s1. The number of ether oxygens (including phenoxy) is 2. The minimum absolute atomic E-state index is 0.407. The Hall–Kier alpha value is -2.08. The molecular formula is C18H26N2O4. The minimum Gasteiger partial charge on any atom is -0.444 e. The van der Waals surface area contributed by atoms with E-state index in [2.05, 4.69) is 17.0 Å². The Kier molecular flexibility index (Phi) is 5.83. The minimum atomic E-state index is -0.630. The number of carbonyl (C=O) groups is 2. The summed E-state index contributed by atoms with van der Waals surface area (Å²) in [5, 5.41) is 0. The van der Waals surface area contributed by atoms with Crippen molar-refractivity contribution in [1.29, 1.82) is 0 Å². The van der Waals surface area contributed by atoms with Gasteiger partial charge in [0.15, 0.2) is 6.23 Å². The summed E-state index contributed by atoms with van der Waals surface area (Å²) >= 11 is 0. The molecule has 132 valence electrons. The first-order chi connectivity index (χ1) is 11.2. The van der Waals surface area contributed by atoms with Crippen molar-refractivity contribution in [3.63, 3.8) is 0 Å². The predicted molar refractivity (Wildman–Crippen MR) is 90.2 cm³/mol. The lowest BCUT2D eigenvalue weighted by molar-refractivity contribution is -0.161. The number of piperazine rings is 1. The maximum atomic E-state index is 12.4. The highest BCUT2D eigenvalue weighted by Gasteiger charge is 2.35. The number of nitrogens with zero attached hydrogens (tertiary/aromatic N) is 2. The molecule has 24 heavy (non-hydrogen) atoms. The van der Waals surface area contributed by atoms with E-state index >= 15 is 0 Å². The highest BCUT2D eigenvalue weighted by Crippen LogP contribution is 2.18. The Morgan fingerprint density at radius 3 is 2.42 bits per heavy atom. The molecule has 1 atom stereocenters. The third-order valence-corrected chi connectivity index (χ3v) is 3.60. The van der Waals surface area contributed by atoms with Gasteiger partial charge in [0, 0.05) is 26.6 Å². The van der Waals surface area contributed by atoms with Crippen molar-refractivity contribution in [2.45, 2.75) is 46.1 Å². The molecule has 0 unspecified atom stereocenters. The zero-order valence-electron chi connectivity index (χ0n) is 14.8. The number of amides is 1. The SMILES string of the molecule is CC(=O)O[C@@H]1CN(Cc2ccccc2)CCN1C(=O)OC(C)(C)C. The first-order valence-electron chi connectivity index (χ1n) is 8.18. The molecule has 2 rings (SSSR count). The Labute approximate surface area is 143 Å². The van der Waals surface area contributed by atoms with E-state index in [0.29, 0.717) is 19.6 Å². The smallest absolute Gasteiger partial charge is 0.413 e. The number of benzene rings is 1. The van der Waals surface area contributed by atoms with Crippen LogP contribution in [0.4, 0.5) is 4.79 Å². The van der Waals surface area contributed by atoms with Crippen LogP contribution < -0.4 is 0 Å². The van der Waals surface area contributed by atoms with Crippen LogP contribution in [0, 0.1) is 0 Å². The van der Waals surface area contributed by atoms with Gasteiger partial charge in [-0.05, 0) is 26.3 Å². The molecule has 1 aliphatic heterocycles. The van der Waals surface area contributed by atoms with E-state index in [4.69, 9.17) is 9.47 Å². The Morgan fingerprint density at radius 2 is 1.83 bits per heavy atom. The summed E-state index contributed by atoms with van der Waals surface area (Å²) in [6.07, 6.45) is -1.08. The molecule has 0 bridgehead atoms. The van der Waals surface area contributed by atoms with Crippen LogP contribution in [0.3, 0.4) is 0 Å². The van der Waals surface area contributed by atoms with Gasteiger partial charge in [-0.3, -0.25) is 14.6 Å². The Balaban J connectivity index is 2.04. The third-order valence-electron chi connectivity index (χ3n) is 3.60. The van der Waals surface area contributed by atoms with E-state index in [1.54, 1.807) is 0 Å². The molecule has 6 nitrogen and oxygen atoms in total. The second kappa shape index (κ2) is 7.66. The van der Waals surface area contributed by atoms with Gasteiger partial charge in [0.2, 0.25) is 0 Å². The molecule has 0 aromatic heterocycles. The van der Waals surface area contributed by atoms with Gasteiger partial charge in [-0.2, -0.15) is 0 Å². The van der Waals surface area contributed by atoms with E-state index in [-0.39, 0.29) is 0 Å². The molecule has 1 fully saturated rings. The maximum Gasteiger partial charge on any atom is 0.413 e. The van der Waals surface area contributed by atoms with Gasteiger partial charge in [0.1, 0.15) is 5.60 Å². The summed E-state index contributed by atoms with van der Waals surface area (Å²) in [6.45, 7) is 9.18. The Morgan fingerprint density at radius 1 is 1.17 bits per heavy atom. The predicted octanol–water partition coefficient (Wildman–Crippen LogP) is 2.63. The number of hydrogen-bond donors (Lipinski definition) is 0. The molecule has 1 heterocycles. The molecule has 1 saturated heterocycles. The van der Waals surface area contributed by atoms with Crippen molar-refractivity contribution in [3.8, 4) is 0 Å². The van der Waals surface area contributed by atoms with Crippen LogP contribution in [0.15, 0.2) is 30.3 Å². The van der Waals surface area contributed by atoms with Gasteiger partial charge in [0.05, 0.1) is 6.54 Å². The highest BCUT2D eigenvalue weighted by molar-refractivity contribution is 5.70. The average molecular weight is 334 g/mol. The number of rotatable bonds is 3. The number of hydrogen-bond acceptors (Lipinski definition) is 5. The quantitative estimate of drug-likeness (QED) is 0.795. The summed E-state index contributed by atoms with van der Waals surface area (Å²) < 4.78 is 10.8. The van der Waals surface area contributed by atoms with Crippen LogP contribution in [0.1, 0.15) is 33.3 Å². The van der Waals surface area contributed by atoms with Crippen molar-refractivity contribution >= 4 is 12.1 Å². The van der Waals surface area contributed by atoms with Gasteiger partial charge >= 0.3 is 12.1 Å². The van der Waals surface area contributed by atoms with Crippen molar-refractivity contribution in [3.05, 3.63) is 35.9 Å². The van der Waals surface area contributed by atoms with Crippen molar-refractivity contribution < 1.29 is 19.1 Å². The molecule has 0 radical (unpaired) electrons. The van der Waals surface area contributed by atoms with Crippen LogP contribution >= 0.6 is 0 Å². The summed E-state index contributed by atoms with van der Waals surface area (Å²) in [7, 11) is 0. The van der Waals surface area contributed by atoms with E-state index in [0.717, 1.165) is 6.54 Å². The summed E-state index contributed by atoms with van der Waals surface area (Å²) in [5.74, 6) is -0.407. The second-order valence-electron chi connectivity index (χ2n) is 6.96. The summed E-state index contributed by atoms with van der Waals surface area (Å²) in [4.78, 5) is 27.4. The lowest BCUT2D eigenvalue weighted by atomic mass is 10.2. The van der Waals surface area contributed by atoms with E-state index in [1.807, 2.05) is 39.0 Å². The van der Waals surface area contributed by atoms with Gasteiger partial charge in [-0.25, -0.2) is 4.79 Å². The van der Waals surface area contributed by atoms with Crippen molar-refractivity contribution in [2.75, 3.05) is 19.6 Å². The Bertz CT molecular complexity index is 568. The molecular weight excluding hydrogens is 308 g/mol. The van der Waals surface area contributed by atoms with Gasteiger partial charge in [0.25, 0.3) is 0 Å². The van der Waals surface area contributed by atoms with Crippen LogP contribution in [-0.4, -0.2) is 53.3 Å². The summed E-state index contributed by atoms with van der Waals surface area (Å²) in [6, 6.07) is 10.1. The molecule has 0 N–H and O–H groups in total. The number of carbonyl (C=O) groups excluding carboxylic acids is 2. The molecule has 0 saturated carbocycles. The maximum absolute atomic E-state index is 12.4. The van der Waals surface area contributed by atoms with Crippen LogP contribution in [0.2, 0.25) is 0 Å². The lowest BCUT2D eigenvalue weighted by Gasteiger charge is -2.40.